The Labute approximate surface area is 124 Å². The molecular weight excluding hydrogens is 314 g/mol. The molecule has 21 heavy (non-hydrogen) atoms. The Balaban J connectivity index is 2.18. The van der Waals surface area contributed by atoms with Crippen LogP contribution in [0.2, 0.25) is 0 Å². The van der Waals surface area contributed by atoms with Crippen LogP contribution in [0.25, 0.3) is 0 Å². The van der Waals surface area contributed by atoms with Crippen molar-refractivity contribution in [2.24, 2.45) is 0 Å². The summed E-state index contributed by atoms with van der Waals surface area (Å²) >= 11 is 0. The van der Waals surface area contributed by atoms with Gasteiger partial charge in [0.15, 0.2) is 9.84 Å². The van der Waals surface area contributed by atoms with Crippen LogP contribution in [-0.4, -0.2) is 41.4 Å². The van der Waals surface area contributed by atoms with Crippen molar-refractivity contribution in [3.63, 3.8) is 0 Å². The molecule has 1 fully saturated rings. The second-order valence-electron chi connectivity index (χ2n) is 5.06. The van der Waals surface area contributed by atoms with Crippen molar-refractivity contribution in [2.75, 3.05) is 29.6 Å². The highest BCUT2D eigenvalue weighted by Gasteiger charge is 2.25. The zero-order valence-corrected chi connectivity index (χ0v) is 13.3. The summed E-state index contributed by atoms with van der Waals surface area (Å²) in [5, 5.41) is 3.10. The fraction of sp³-hybridized carbons (Fsp3) is 0.500. The molecule has 0 aromatic heterocycles. The van der Waals surface area contributed by atoms with Crippen molar-refractivity contribution in [1.82, 2.24) is 4.72 Å². The summed E-state index contributed by atoms with van der Waals surface area (Å²) in [4.78, 5) is 0.00631. The van der Waals surface area contributed by atoms with Crippen molar-refractivity contribution < 1.29 is 16.8 Å². The first-order valence-corrected chi connectivity index (χ1v) is 9.84. The SMILES string of the molecule is CNS(=O)(=O)c1ccc(NC2CCCS(=O)(=O)C2)cc1N. The molecule has 9 heteroatoms. The van der Waals surface area contributed by atoms with E-state index in [2.05, 4.69) is 10.0 Å². The van der Waals surface area contributed by atoms with E-state index in [9.17, 15) is 16.8 Å². The smallest absolute Gasteiger partial charge is 0.242 e. The van der Waals surface area contributed by atoms with E-state index >= 15 is 0 Å². The molecule has 118 valence electrons. The number of sulfonamides is 1. The van der Waals surface area contributed by atoms with Crippen molar-refractivity contribution >= 4 is 31.2 Å². The molecule has 7 nitrogen and oxygen atoms in total. The lowest BCUT2D eigenvalue weighted by Crippen LogP contribution is -2.34. The number of sulfone groups is 1. The van der Waals surface area contributed by atoms with Gasteiger partial charge in [0.25, 0.3) is 0 Å². The van der Waals surface area contributed by atoms with Gasteiger partial charge < -0.3 is 11.1 Å². The Bertz CT molecular complexity index is 729. The molecule has 1 aromatic rings. The molecule has 1 atom stereocenters. The predicted octanol–water partition coefficient (Wildman–Crippen LogP) is 0.166. The third-order valence-corrected chi connectivity index (χ3v) is 6.71. The Morgan fingerprint density at radius 2 is 2.05 bits per heavy atom. The monoisotopic (exact) mass is 333 g/mol. The number of hydrogen-bond acceptors (Lipinski definition) is 6. The molecule has 1 aliphatic heterocycles. The molecule has 1 unspecified atom stereocenters. The van der Waals surface area contributed by atoms with Gasteiger partial charge in [-0.05, 0) is 38.1 Å². The van der Waals surface area contributed by atoms with Crippen LogP contribution in [-0.2, 0) is 19.9 Å². The first-order chi connectivity index (χ1) is 9.73. The average molecular weight is 333 g/mol. The van der Waals surface area contributed by atoms with Crippen molar-refractivity contribution in [3.8, 4) is 0 Å². The molecule has 0 radical (unpaired) electrons. The molecular formula is C12H19N3O4S2. The Hall–Kier alpha value is -1.32. The van der Waals surface area contributed by atoms with Crippen LogP contribution in [0.5, 0.6) is 0 Å². The molecule has 0 bridgehead atoms. The number of benzene rings is 1. The standard InChI is InChI=1S/C12H19N3O4S2/c1-14-21(18,19)12-5-4-9(7-11(12)13)15-10-3-2-6-20(16,17)8-10/h4-5,7,10,14-15H,2-3,6,8,13H2,1H3. The van der Waals surface area contributed by atoms with Gasteiger partial charge in [0.2, 0.25) is 10.0 Å². The van der Waals surface area contributed by atoms with Crippen LogP contribution < -0.4 is 15.8 Å². The minimum Gasteiger partial charge on any atom is -0.398 e. The van der Waals surface area contributed by atoms with Gasteiger partial charge in [0.05, 0.1) is 17.2 Å². The Morgan fingerprint density at radius 3 is 2.62 bits per heavy atom. The molecule has 0 aliphatic carbocycles. The number of nitrogens with one attached hydrogen (secondary N) is 2. The van der Waals surface area contributed by atoms with Gasteiger partial charge in [-0.2, -0.15) is 0 Å². The predicted molar refractivity (Wildman–Crippen MR) is 82.4 cm³/mol. The zero-order chi connectivity index (χ0) is 15.7. The highest BCUT2D eigenvalue weighted by Crippen LogP contribution is 2.24. The number of hydrogen-bond donors (Lipinski definition) is 3. The van der Waals surface area contributed by atoms with E-state index in [4.69, 9.17) is 5.73 Å². The largest absolute Gasteiger partial charge is 0.398 e. The van der Waals surface area contributed by atoms with Gasteiger partial charge in [-0.15, -0.1) is 0 Å². The van der Waals surface area contributed by atoms with E-state index in [0.717, 1.165) is 6.42 Å². The van der Waals surface area contributed by atoms with Crippen LogP contribution in [0.4, 0.5) is 11.4 Å². The van der Waals surface area contributed by atoms with E-state index in [1.807, 2.05) is 0 Å². The second-order valence-corrected chi connectivity index (χ2v) is 9.14. The Morgan fingerprint density at radius 1 is 1.33 bits per heavy atom. The lowest BCUT2D eigenvalue weighted by atomic mass is 10.1. The third kappa shape index (κ3) is 3.86. The first kappa shape index (κ1) is 16.1. The van der Waals surface area contributed by atoms with Crippen molar-refractivity contribution in [1.29, 1.82) is 0 Å². The third-order valence-electron chi connectivity index (χ3n) is 3.40. The number of nitrogen functional groups attached to an aromatic ring is 1. The van der Waals surface area contributed by atoms with Crippen LogP contribution in [0.3, 0.4) is 0 Å². The topological polar surface area (TPSA) is 118 Å². The highest BCUT2D eigenvalue weighted by atomic mass is 32.2. The lowest BCUT2D eigenvalue weighted by Gasteiger charge is -2.24. The summed E-state index contributed by atoms with van der Waals surface area (Å²) in [6, 6.07) is 4.32. The molecule has 1 aliphatic rings. The lowest BCUT2D eigenvalue weighted by molar-refractivity contribution is 0.562. The zero-order valence-electron chi connectivity index (χ0n) is 11.7. The van der Waals surface area contributed by atoms with E-state index in [1.54, 1.807) is 6.07 Å². The molecule has 0 spiro atoms. The van der Waals surface area contributed by atoms with Gasteiger partial charge in [-0.1, -0.05) is 0 Å². The summed E-state index contributed by atoms with van der Waals surface area (Å²) in [6.45, 7) is 0. The van der Waals surface area contributed by atoms with Gasteiger partial charge in [0.1, 0.15) is 4.90 Å². The molecule has 1 aromatic carbocycles. The van der Waals surface area contributed by atoms with Gasteiger partial charge in [0, 0.05) is 11.7 Å². The van der Waals surface area contributed by atoms with Gasteiger partial charge in [-0.3, -0.25) is 0 Å². The molecule has 0 amide bonds. The number of rotatable bonds is 4. The summed E-state index contributed by atoms with van der Waals surface area (Å²) in [5.41, 5.74) is 6.50. The van der Waals surface area contributed by atoms with Crippen molar-refractivity contribution in [2.45, 2.75) is 23.8 Å². The second kappa shape index (κ2) is 5.82. The average Bonchev–Trinajstić information content (AvgIpc) is 2.37. The van der Waals surface area contributed by atoms with Gasteiger partial charge in [-0.25, -0.2) is 21.6 Å². The van der Waals surface area contributed by atoms with Crippen LogP contribution in [0.1, 0.15) is 12.8 Å². The molecule has 1 heterocycles. The minimum absolute atomic E-state index is 0.00631. The number of nitrogens with two attached hydrogens (primary N) is 1. The molecule has 4 N–H and O–H groups in total. The fourth-order valence-corrected chi connectivity index (χ4v) is 4.84. The van der Waals surface area contributed by atoms with Gasteiger partial charge >= 0.3 is 0 Å². The van der Waals surface area contributed by atoms with E-state index < -0.39 is 19.9 Å². The molecule has 0 saturated carbocycles. The maximum Gasteiger partial charge on any atom is 0.242 e. The molecule has 2 rings (SSSR count). The number of anilines is 2. The quantitative estimate of drug-likeness (QED) is 0.676. The maximum absolute atomic E-state index is 11.7. The normalized spacial score (nSPS) is 21.9. The van der Waals surface area contributed by atoms with Crippen LogP contribution in [0.15, 0.2) is 23.1 Å². The highest BCUT2D eigenvalue weighted by molar-refractivity contribution is 7.91. The van der Waals surface area contributed by atoms with E-state index in [1.165, 1.54) is 19.2 Å². The summed E-state index contributed by atoms with van der Waals surface area (Å²) in [7, 11) is -5.28. The first-order valence-electron chi connectivity index (χ1n) is 6.53. The fourth-order valence-electron chi connectivity index (χ4n) is 2.37. The Kier molecular flexibility index (Phi) is 4.45. The molecule has 1 saturated heterocycles. The van der Waals surface area contributed by atoms with Crippen LogP contribution >= 0.6 is 0 Å². The van der Waals surface area contributed by atoms with Crippen molar-refractivity contribution in [3.05, 3.63) is 18.2 Å². The summed E-state index contributed by atoms with van der Waals surface area (Å²) in [5.74, 6) is 0.316. The van der Waals surface area contributed by atoms with E-state index in [-0.39, 0.29) is 28.1 Å². The maximum atomic E-state index is 11.7. The van der Waals surface area contributed by atoms with Crippen LogP contribution in [0, 0.1) is 0 Å². The summed E-state index contributed by atoms with van der Waals surface area (Å²) in [6.07, 6.45) is 1.39. The minimum atomic E-state index is -3.60. The van der Waals surface area contributed by atoms with E-state index in [0.29, 0.717) is 12.1 Å². The summed E-state index contributed by atoms with van der Waals surface area (Å²) < 4.78 is 48.8.